The van der Waals surface area contributed by atoms with E-state index in [1.807, 2.05) is 12.1 Å². The van der Waals surface area contributed by atoms with Crippen LogP contribution in [0.15, 0.2) is 36.4 Å². The summed E-state index contributed by atoms with van der Waals surface area (Å²) in [6, 6.07) is 14.4. The van der Waals surface area contributed by atoms with Crippen molar-refractivity contribution in [2.24, 2.45) is 0 Å². The normalized spacial score (nSPS) is 21.5. The van der Waals surface area contributed by atoms with Crippen LogP contribution < -0.4 is 14.5 Å². The van der Waals surface area contributed by atoms with Crippen molar-refractivity contribution in [3.05, 3.63) is 52.7 Å². The molecule has 224 valence electrons. The Balaban J connectivity index is 1.22. The largest absolute Gasteiger partial charge is 0.465 e. The Hall–Kier alpha value is -3.81. The summed E-state index contributed by atoms with van der Waals surface area (Å²) in [5.41, 5.74) is 3.15. The molecule has 10 nitrogen and oxygen atoms in total. The van der Waals surface area contributed by atoms with Crippen LogP contribution in [0, 0.1) is 11.3 Å². The molecule has 1 N–H and O–H groups in total. The number of carbonyl (C=O) groups is 1. The lowest BCUT2D eigenvalue weighted by molar-refractivity contribution is 0.118. The first-order valence-corrected chi connectivity index (χ1v) is 15.6. The number of likely N-dealkylation sites (tertiary alicyclic amines) is 1. The summed E-state index contributed by atoms with van der Waals surface area (Å²) in [7, 11) is 0. The van der Waals surface area contributed by atoms with E-state index < -0.39 is 12.1 Å². The lowest BCUT2D eigenvalue weighted by atomic mass is 10.0. The van der Waals surface area contributed by atoms with E-state index in [4.69, 9.17) is 26.3 Å². The number of amides is 1. The first kappa shape index (κ1) is 28.0. The predicted octanol–water partition coefficient (Wildman–Crippen LogP) is 4.94. The number of benzene rings is 2. The smallest absolute Gasteiger partial charge is 0.407 e. The van der Waals surface area contributed by atoms with E-state index in [0.717, 1.165) is 77.5 Å². The molecule has 3 fully saturated rings. The molecule has 2 aromatic carbocycles. The van der Waals surface area contributed by atoms with Crippen LogP contribution in [0.3, 0.4) is 0 Å². The molecule has 7 rings (SSSR count). The number of halogens is 1. The topological polar surface area (TPSA) is 109 Å². The highest BCUT2D eigenvalue weighted by Crippen LogP contribution is 2.44. The fraction of sp³-hybridized carbons (Fsp3) is 0.500. The van der Waals surface area contributed by atoms with Gasteiger partial charge in [-0.3, -0.25) is 4.90 Å². The third-order valence-electron chi connectivity index (χ3n) is 9.62. The number of rotatable bonds is 7. The number of nitriles is 1. The standard InChI is InChI=1S/C32H36ClN7O3/c33-25-7-3-5-22-6-4-8-27(28(22)25)37-16-10-24-26(20-37)35-30(43-21-32(11-12-32)39-14-1-2-15-39)36-29(24)38-17-18-40(31(41)42)23(19-38)9-13-34/h3-8,23H,1-2,9-12,14-21H2,(H,41,42)/t23-/m0/s1. The van der Waals surface area contributed by atoms with Crippen LogP contribution in [-0.2, 0) is 13.0 Å². The highest BCUT2D eigenvalue weighted by Gasteiger charge is 2.49. The summed E-state index contributed by atoms with van der Waals surface area (Å²) in [6.07, 6.45) is 4.61. The molecule has 0 radical (unpaired) electrons. The van der Waals surface area contributed by atoms with Crippen molar-refractivity contribution >= 4 is 40.0 Å². The number of ether oxygens (including phenoxy) is 1. The molecule has 4 aliphatic rings. The number of hydrogen-bond donors (Lipinski definition) is 1. The lowest BCUT2D eigenvalue weighted by Crippen LogP contribution is -2.55. The predicted molar refractivity (Wildman–Crippen MR) is 165 cm³/mol. The number of fused-ring (bicyclic) bond motifs is 2. The molecule has 0 bridgehead atoms. The summed E-state index contributed by atoms with van der Waals surface area (Å²) in [5, 5.41) is 22.0. The van der Waals surface area contributed by atoms with Crippen molar-refractivity contribution in [1.82, 2.24) is 19.8 Å². The minimum Gasteiger partial charge on any atom is -0.465 e. The number of piperazine rings is 1. The second-order valence-corrected chi connectivity index (χ2v) is 12.6. The van der Waals surface area contributed by atoms with Crippen LogP contribution in [0.25, 0.3) is 10.8 Å². The first-order valence-electron chi connectivity index (χ1n) is 15.3. The van der Waals surface area contributed by atoms with Gasteiger partial charge in [0.25, 0.3) is 0 Å². The minimum atomic E-state index is -0.991. The first-order chi connectivity index (χ1) is 21.0. The Morgan fingerprint density at radius 1 is 1.07 bits per heavy atom. The van der Waals surface area contributed by atoms with E-state index >= 15 is 0 Å². The molecule has 1 atom stereocenters. The van der Waals surface area contributed by atoms with Gasteiger partial charge in [-0.1, -0.05) is 35.9 Å². The maximum absolute atomic E-state index is 11.9. The summed E-state index contributed by atoms with van der Waals surface area (Å²) >= 11 is 6.70. The summed E-state index contributed by atoms with van der Waals surface area (Å²) in [6.45, 7) is 5.38. The summed E-state index contributed by atoms with van der Waals surface area (Å²) in [4.78, 5) is 30.3. The van der Waals surface area contributed by atoms with Gasteiger partial charge in [-0.05, 0) is 62.7 Å². The Labute approximate surface area is 256 Å². The van der Waals surface area contributed by atoms with Crippen LogP contribution in [0.5, 0.6) is 6.01 Å². The Kier molecular flexibility index (Phi) is 7.39. The molecule has 1 aromatic heterocycles. The van der Waals surface area contributed by atoms with E-state index in [1.165, 1.54) is 17.7 Å². The molecule has 3 aliphatic heterocycles. The fourth-order valence-electron chi connectivity index (χ4n) is 7.13. The van der Waals surface area contributed by atoms with Gasteiger partial charge in [0.2, 0.25) is 0 Å². The molecular weight excluding hydrogens is 566 g/mol. The van der Waals surface area contributed by atoms with Gasteiger partial charge < -0.3 is 24.5 Å². The molecule has 3 aromatic rings. The van der Waals surface area contributed by atoms with E-state index in [9.17, 15) is 15.2 Å². The van der Waals surface area contributed by atoms with Crippen molar-refractivity contribution < 1.29 is 14.6 Å². The minimum absolute atomic E-state index is 0.0899. The van der Waals surface area contributed by atoms with Crippen LogP contribution in [0.4, 0.5) is 16.3 Å². The molecule has 43 heavy (non-hydrogen) atoms. The lowest BCUT2D eigenvalue weighted by Gasteiger charge is -2.41. The van der Waals surface area contributed by atoms with E-state index in [-0.39, 0.29) is 12.0 Å². The van der Waals surface area contributed by atoms with Crippen LogP contribution in [0.1, 0.15) is 43.4 Å². The summed E-state index contributed by atoms with van der Waals surface area (Å²) < 4.78 is 6.42. The monoisotopic (exact) mass is 601 g/mol. The molecule has 0 unspecified atom stereocenters. The van der Waals surface area contributed by atoms with Crippen LogP contribution in [-0.4, -0.2) is 88.4 Å². The molecule has 11 heteroatoms. The number of aromatic nitrogens is 2. The van der Waals surface area contributed by atoms with Crippen LogP contribution >= 0.6 is 11.6 Å². The Bertz CT molecular complexity index is 1580. The van der Waals surface area contributed by atoms with Gasteiger partial charge in [0.05, 0.1) is 41.3 Å². The van der Waals surface area contributed by atoms with E-state index in [0.29, 0.717) is 38.8 Å². The third kappa shape index (κ3) is 5.30. The average Bonchev–Trinajstić information content (AvgIpc) is 3.60. The Morgan fingerprint density at radius 3 is 2.60 bits per heavy atom. The molecule has 1 amide bonds. The van der Waals surface area contributed by atoms with Gasteiger partial charge in [0.1, 0.15) is 12.4 Å². The Morgan fingerprint density at radius 2 is 1.86 bits per heavy atom. The SMILES string of the molecule is N#CC[C@H]1CN(c2nc(OCC3(N4CCCC4)CC3)nc3c2CCN(c2cccc4cccc(Cl)c24)C3)CCN1C(=O)O. The summed E-state index contributed by atoms with van der Waals surface area (Å²) in [5.74, 6) is 0.801. The molecule has 1 saturated carbocycles. The van der Waals surface area contributed by atoms with Gasteiger partial charge in [0, 0.05) is 42.8 Å². The van der Waals surface area contributed by atoms with Crippen molar-refractivity contribution in [1.29, 1.82) is 5.26 Å². The zero-order valence-corrected chi connectivity index (χ0v) is 25.0. The zero-order valence-electron chi connectivity index (χ0n) is 24.2. The number of carboxylic acid groups (broad SMARTS) is 1. The maximum atomic E-state index is 11.9. The molecular formula is C32H36ClN7O3. The van der Waals surface area contributed by atoms with Crippen LogP contribution in [0.2, 0.25) is 5.02 Å². The van der Waals surface area contributed by atoms with E-state index in [2.05, 4.69) is 45.0 Å². The van der Waals surface area contributed by atoms with Gasteiger partial charge >= 0.3 is 12.1 Å². The highest BCUT2D eigenvalue weighted by molar-refractivity contribution is 6.36. The molecule has 4 heterocycles. The molecule has 0 spiro atoms. The fourth-order valence-corrected chi connectivity index (χ4v) is 7.40. The van der Waals surface area contributed by atoms with Gasteiger partial charge in [-0.15, -0.1) is 0 Å². The van der Waals surface area contributed by atoms with Gasteiger partial charge in [0.15, 0.2) is 0 Å². The van der Waals surface area contributed by atoms with Gasteiger partial charge in [-0.25, -0.2) is 4.79 Å². The van der Waals surface area contributed by atoms with Crippen molar-refractivity contribution in [2.75, 3.05) is 55.7 Å². The second kappa shape index (κ2) is 11.4. The van der Waals surface area contributed by atoms with E-state index in [1.54, 1.807) is 0 Å². The second-order valence-electron chi connectivity index (χ2n) is 12.2. The van der Waals surface area contributed by atoms with Crippen molar-refractivity contribution in [3.8, 4) is 12.1 Å². The number of anilines is 2. The third-order valence-corrected chi connectivity index (χ3v) is 9.94. The molecule has 1 aliphatic carbocycles. The number of nitrogens with zero attached hydrogens (tertiary/aromatic N) is 7. The van der Waals surface area contributed by atoms with Crippen molar-refractivity contribution in [2.45, 2.75) is 56.7 Å². The number of hydrogen-bond acceptors (Lipinski definition) is 8. The quantitative estimate of drug-likeness (QED) is 0.403. The zero-order chi connectivity index (χ0) is 29.6. The highest BCUT2D eigenvalue weighted by atomic mass is 35.5. The maximum Gasteiger partial charge on any atom is 0.407 e. The molecule has 2 saturated heterocycles. The van der Waals surface area contributed by atoms with Crippen molar-refractivity contribution in [3.63, 3.8) is 0 Å². The van der Waals surface area contributed by atoms with Gasteiger partial charge in [-0.2, -0.15) is 15.2 Å². The average molecular weight is 602 g/mol.